The van der Waals surface area contributed by atoms with E-state index in [-0.39, 0.29) is 18.7 Å². The Kier molecular flexibility index (Phi) is 4.98. The number of carbonyl (C=O) groups is 3. The lowest BCUT2D eigenvalue weighted by Crippen LogP contribution is -2.61. The molecular formula is C17H22N6O4. The molecule has 0 saturated carbocycles. The summed E-state index contributed by atoms with van der Waals surface area (Å²) in [6.07, 6.45) is 3.41. The molecule has 3 rings (SSSR count). The van der Waals surface area contributed by atoms with Crippen molar-refractivity contribution < 1.29 is 19.1 Å². The van der Waals surface area contributed by atoms with Gasteiger partial charge in [-0.25, -0.2) is 4.79 Å². The van der Waals surface area contributed by atoms with Gasteiger partial charge >= 0.3 is 5.97 Å². The zero-order chi connectivity index (χ0) is 19.6. The Bertz CT molecular complexity index is 862. The lowest BCUT2D eigenvalue weighted by Gasteiger charge is -2.40. The number of carbonyl (C=O) groups excluding carboxylic acids is 3. The van der Waals surface area contributed by atoms with Gasteiger partial charge in [0.2, 0.25) is 0 Å². The second-order valence-electron chi connectivity index (χ2n) is 6.64. The standard InChI is InChI=1S/C17H22N6O4/c1-10-12(8-18-21-10)14(24)20-17(16(26)27-3)4-6-23(7-5-17)15(25)13-9-19-22-11(13)2/h8-9H,4-7H2,1-3H3,(H,18,21)(H,19,22)(H,20,24). The number of H-pyrrole nitrogens is 2. The first kappa shape index (κ1) is 18.6. The van der Waals surface area contributed by atoms with Gasteiger partial charge in [-0.2, -0.15) is 10.2 Å². The lowest BCUT2D eigenvalue weighted by atomic mass is 9.86. The Morgan fingerprint density at radius 3 is 2.11 bits per heavy atom. The summed E-state index contributed by atoms with van der Waals surface area (Å²) >= 11 is 0. The number of aryl methyl sites for hydroxylation is 2. The minimum Gasteiger partial charge on any atom is -0.467 e. The number of aromatic nitrogens is 4. The molecule has 2 aromatic heterocycles. The van der Waals surface area contributed by atoms with Crippen molar-refractivity contribution in [3.8, 4) is 0 Å². The zero-order valence-corrected chi connectivity index (χ0v) is 15.5. The molecule has 3 N–H and O–H groups in total. The molecule has 10 heteroatoms. The first-order valence-corrected chi connectivity index (χ1v) is 8.58. The maximum atomic E-state index is 12.6. The number of amides is 2. The molecule has 0 unspecified atom stereocenters. The summed E-state index contributed by atoms with van der Waals surface area (Å²) in [5.41, 5.74) is 0.978. The molecule has 0 atom stereocenters. The Balaban J connectivity index is 1.75. The van der Waals surface area contributed by atoms with Crippen LogP contribution in [0.4, 0.5) is 0 Å². The summed E-state index contributed by atoms with van der Waals surface area (Å²) in [5, 5.41) is 15.9. The number of likely N-dealkylation sites (tertiary alicyclic amines) is 1. The Labute approximate surface area is 155 Å². The molecule has 1 aliphatic rings. The van der Waals surface area contributed by atoms with Gasteiger partial charge < -0.3 is 15.0 Å². The number of ether oxygens (including phenoxy) is 1. The molecular weight excluding hydrogens is 352 g/mol. The maximum Gasteiger partial charge on any atom is 0.331 e. The molecule has 1 saturated heterocycles. The Morgan fingerprint density at radius 1 is 1.07 bits per heavy atom. The van der Waals surface area contributed by atoms with Crippen molar-refractivity contribution in [2.24, 2.45) is 0 Å². The van der Waals surface area contributed by atoms with Gasteiger partial charge in [0.1, 0.15) is 5.54 Å². The highest BCUT2D eigenvalue weighted by Crippen LogP contribution is 2.26. The quantitative estimate of drug-likeness (QED) is 0.661. The highest BCUT2D eigenvalue weighted by atomic mass is 16.5. The number of rotatable bonds is 4. The Morgan fingerprint density at radius 2 is 1.63 bits per heavy atom. The van der Waals surface area contributed by atoms with Crippen LogP contribution in [-0.4, -0.2) is 68.8 Å². The van der Waals surface area contributed by atoms with Crippen LogP contribution in [0.25, 0.3) is 0 Å². The molecule has 3 heterocycles. The number of hydrogen-bond acceptors (Lipinski definition) is 6. The monoisotopic (exact) mass is 374 g/mol. The van der Waals surface area contributed by atoms with Gasteiger partial charge in [-0.05, 0) is 26.7 Å². The largest absolute Gasteiger partial charge is 0.467 e. The van der Waals surface area contributed by atoms with E-state index in [9.17, 15) is 14.4 Å². The van der Waals surface area contributed by atoms with Gasteiger partial charge in [-0.1, -0.05) is 0 Å². The van der Waals surface area contributed by atoms with E-state index in [0.717, 1.165) is 0 Å². The Hall–Kier alpha value is -3.17. The van der Waals surface area contributed by atoms with Crippen LogP contribution in [0, 0.1) is 13.8 Å². The van der Waals surface area contributed by atoms with E-state index < -0.39 is 17.4 Å². The number of methoxy groups -OCH3 is 1. The first-order chi connectivity index (χ1) is 12.9. The molecule has 0 spiro atoms. The fourth-order valence-corrected chi connectivity index (χ4v) is 3.27. The molecule has 10 nitrogen and oxygen atoms in total. The van der Waals surface area contributed by atoms with Crippen molar-refractivity contribution in [3.05, 3.63) is 34.9 Å². The van der Waals surface area contributed by atoms with Crippen molar-refractivity contribution in [1.29, 1.82) is 0 Å². The van der Waals surface area contributed by atoms with Crippen LogP contribution >= 0.6 is 0 Å². The van der Waals surface area contributed by atoms with Crippen LogP contribution in [0.1, 0.15) is 44.9 Å². The third-order valence-electron chi connectivity index (χ3n) is 4.97. The van der Waals surface area contributed by atoms with E-state index in [1.54, 1.807) is 18.7 Å². The summed E-state index contributed by atoms with van der Waals surface area (Å²) < 4.78 is 4.93. The van der Waals surface area contributed by atoms with Crippen LogP contribution in [-0.2, 0) is 9.53 Å². The van der Waals surface area contributed by atoms with Crippen LogP contribution in [0.2, 0.25) is 0 Å². The second-order valence-corrected chi connectivity index (χ2v) is 6.64. The van der Waals surface area contributed by atoms with Crippen molar-refractivity contribution in [1.82, 2.24) is 30.6 Å². The highest BCUT2D eigenvalue weighted by Gasteiger charge is 2.45. The van der Waals surface area contributed by atoms with E-state index >= 15 is 0 Å². The summed E-state index contributed by atoms with van der Waals surface area (Å²) in [4.78, 5) is 39.3. The number of piperidine rings is 1. The number of aromatic amines is 2. The smallest absolute Gasteiger partial charge is 0.331 e. The summed E-state index contributed by atoms with van der Waals surface area (Å²) in [7, 11) is 1.28. The third-order valence-corrected chi connectivity index (χ3v) is 4.97. The number of hydrogen-bond donors (Lipinski definition) is 3. The van der Waals surface area contributed by atoms with Gasteiger partial charge in [0.15, 0.2) is 0 Å². The normalized spacial score (nSPS) is 16.0. The van der Waals surface area contributed by atoms with E-state index in [2.05, 4.69) is 25.7 Å². The van der Waals surface area contributed by atoms with E-state index in [0.29, 0.717) is 35.6 Å². The minimum absolute atomic E-state index is 0.156. The molecule has 27 heavy (non-hydrogen) atoms. The third kappa shape index (κ3) is 3.42. The zero-order valence-electron chi connectivity index (χ0n) is 15.5. The fourth-order valence-electron chi connectivity index (χ4n) is 3.27. The predicted octanol–water partition coefficient (Wildman–Crippen LogP) is 0.327. The SMILES string of the molecule is COC(=O)C1(NC(=O)c2cn[nH]c2C)CCN(C(=O)c2cn[nH]c2C)CC1. The molecule has 0 bridgehead atoms. The van der Waals surface area contributed by atoms with Gasteiger partial charge in [0.25, 0.3) is 11.8 Å². The van der Waals surface area contributed by atoms with Crippen LogP contribution < -0.4 is 5.32 Å². The maximum absolute atomic E-state index is 12.6. The van der Waals surface area contributed by atoms with E-state index in [1.807, 2.05) is 0 Å². The van der Waals surface area contributed by atoms with Crippen molar-refractivity contribution >= 4 is 17.8 Å². The van der Waals surface area contributed by atoms with E-state index in [1.165, 1.54) is 19.5 Å². The summed E-state index contributed by atoms with van der Waals surface area (Å²) in [5.74, 6) is -1.09. The molecule has 144 valence electrons. The predicted molar refractivity (Wildman–Crippen MR) is 94.0 cm³/mol. The van der Waals surface area contributed by atoms with Crippen LogP contribution in [0.15, 0.2) is 12.4 Å². The van der Waals surface area contributed by atoms with Crippen molar-refractivity contribution in [2.45, 2.75) is 32.2 Å². The average molecular weight is 374 g/mol. The molecule has 2 aromatic rings. The topological polar surface area (TPSA) is 133 Å². The number of nitrogens with zero attached hydrogens (tertiary/aromatic N) is 3. The number of nitrogens with one attached hydrogen (secondary N) is 3. The average Bonchev–Trinajstić information content (AvgIpc) is 3.29. The van der Waals surface area contributed by atoms with Crippen LogP contribution in [0.5, 0.6) is 0 Å². The molecule has 0 aliphatic carbocycles. The van der Waals surface area contributed by atoms with Gasteiger partial charge in [0.05, 0.1) is 30.6 Å². The van der Waals surface area contributed by atoms with Crippen molar-refractivity contribution in [2.75, 3.05) is 20.2 Å². The molecule has 1 fully saturated rings. The highest BCUT2D eigenvalue weighted by molar-refractivity contribution is 5.99. The minimum atomic E-state index is -1.18. The molecule has 0 aromatic carbocycles. The molecule has 2 amide bonds. The second kappa shape index (κ2) is 7.22. The molecule has 1 aliphatic heterocycles. The van der Waals surface area contributed by atoms with Gasteiger partial charge in [-0.3, -0.25) is 19.8 Å². The molecule has 0 radical (unpaired) electrons. The summed E-state index contributed by atoms with van der Waals surface area (Å²) in [6.45, 7) is 4.12. The van der Waals surface area contributed by atoms with Gasteiger partial charge in [-0.15, -0.1) is 0 Å². The number of esters is 1. The van der Waals surface area contributed by atoms with E-state index in [4.69, 9.17) is 4.74 Å². The fraction of sp³-hybridized carbons (Fsp3) is 0.471. The van der Waals surface area contributed by atoms with Crippen LogP contribution in [0.3, 0.4) is 0 Å². The lowest BCUT2D eigenvalue weighted by molar-refractivity contribution is -0.150. The summed E-state index contributed by atoms with van der Waals surface area (Å²) in [6, 6.07) is 0. The van der Waals surface area contributed by atoms with Crippen molar-refractivity contribution in [3.63, 3.8) is 0 Å². The van der Waals surface area contributed by atoms with Gasteiger partial charge in [0, 0.05) is 24.5 Å². The first-order valence-electron chi connectivity index (χ1n) is 8.58.